The van der Waals surface area contributed by atoms with Crippen LogP contribution in [0.25, 0.3) is 0 Å². The van der Waals surface area contributed by atoms with Crippen molar-refractivity contribution in [3.8, 4) is 0 Å². The van der Waals surface area contributed by atoms with E-state index in [0.29, 0.717) is 36.2 Å². The Bertz CT molecular complexity index is 787. The minimum absolute atomic E-state index is 0.0225. The molecule has 3 N–H and O–H groups in total. The fraction of sp³-hybridized carbons (Fsp3) is 0.368. The highest BCUT2D eigenvalue weighted by Crippen LogP contribution is 2.32. The molecule has 0 bridgehead atoms. The van der Waals surface area contributed by atoms with Gasteiger partial charge in [0.1, 0.15) is 5.69 Å². The van der Waals surface area contributed by atoms with E-state index in [1.807, 2.05) is 48.2 Å². The summed E-state index contributed by atoms with van der Waals surface area (Å²) in [5.41, 5.74) is 3.18. The molecule has 28 heavy (non-hydrogen) atoms. The molecule has 6 nitrogen and oxygen atoms in total. The number of nitrogens with one attached hydrogen (secondary N) is 1. The molecule has 0 radical (unpaired) electrons. The van der Waals surface area contributed by atoms with E-state index in [0.717, 1.165) is 21.8 Å². The number of hydrogen-bond acceptors (Lipinski definition) is 7. The molecule has 0 aliphatic carbocycles. The third-order valence-electron chi connectivity index (χ3n) is 3.86. The van der Waals surface area contributed by atoms with Crippen molar-refractivity contribution in [2.45, 2.75) is 11.8 Å². The van der Waals surface area contributed by atoms with E-state index >= 15 is 0 Å². The number of azo groups is 1. The van der Waals surface area contributed by atoms with E-state index in [4.69, 9.17) is 23.2 Å². The van der Waals surface area contributed by atoms with Crippen LogP contribution >= 0.6 is 35.1 Å². The predicted molar refractivity (Wildman–Crippen MR) is 118 cm³/mol. The van der Waals surface area contributed by atoms with Crippen molar-refractivity contribution >= 4 is 52.2 Å². The fourth-order valence-electron chi connectivity index (χ4n) is 2.47. The third-order valence-corrected chi connectivity index (χ3v) is 5.19. The highest BCUT2D eigenvalue weighted by molar-refractivity contribution is 7.97. The molecule has 9 heteroatoms. The van der Waals surface area contributed by atoms with Crippen LogP contribution in [0.3, 0.4) is 0 Å². The smallest absolute Gasteiger partial charge is 0.104 e. The maximum Gasteiger partial charge on any atom is 0.104 e. The molecule has 0 fully saturated rings. The van der Waals surface area contributed by atoms with Crippen molar-refractivity contribution in [2.24, 2.45) is 10.2 Å². The average molecular weight is 443 g/mol. The van der Waals surface area contributed by atoms with Crippen LogP contribution in [0.5, 0.6) is 0 Å². The van der Waals surface area contributed by atoms with Crippen molar-refractivity contribution < 1.29 is 10.2 Å². The van der Waals surface area contributed by atoms with E-state index in [9.17, 15) is 10.2 Å². The van der Waals surface area contributed by atoms with Gasteiger partial charge in [-0.05, 0) is 60.8 Å². The summed E-state index contributed by atoms with van der Waals surface area (Å²) in [6, 6.07) is 11.3. The number of nitrogens with zero attached hydrogens (tertiary/aromatic N) is 3. The van der Waals surface area contributed by atoms with Gasteiger partial charge in [-0.15, -0.1) is 16.7 Å². The molecule has 0 unspecified atom stereocenters. The number of halogens is 2. The van der Waals surface area contributed by atoms with Crippen molar-refractivity contribution in [1.82, 2.24) is 4.72 Å². The highest BCUT2D eigenvalue weighted by Gasteiger charge is 2.08. The summed E-state index contributed by atoms with van der Waals surface area (Å²) in [4.78, 5) is 2.89. The summed E-state index contributed by atoms with van der Waals surface area (Å²) in [5, 5.41) is 27.5. The molecule has 0 aliphatic heterocycles. The molecule has 0 saturated carbocycles. The number of aliphatic hydroxyl groups excluding tert-OH is 2. The first-order valence-electron chi connectivity index (χ1n) is 8.83. The maximum atomic E-state index is 9.18. The summed E-state index contributed by atoms with van der Waals surface area (Å²) < 4.78 is 3.13. The topological polar surface area (TPSA) is 80.5 Å². The van der Waals surface area contributed by atoms with E-state index in [2.05, 4.69) is 15.0 Å². The lowest BCUT2D eigenvalue weighted by atomic mass is 10.1. The monoisotopic (exact) mass is 442 g/mol. The Morgan fingerprint density at radius 2 is 1.71 bits per heavy atom. The first-order chi connectivity index (χ1) is 13.6. The number of aliphatic hydroxyl groups is 2. The summed E-state index contributed by atoms with van der Waals surface area (Å²) in [7, 11) is 0. The van der Waals surface area contributed by atoms with E-state index in [1.165, 1.54) is 11.9 Å². The summed E-state index contributed by atoms with van der Waals surface area (Å²) >= 11 is 13.4. The maximum absolute atomic E-state index is 9.18. The van der Waals surface area contributed by atoms with Crippen LogP contribution in [0.4, 0.5) is 17.1 Å². The normalized spacial score (nSPS) is 11.3. The molecule has 2 aromatic carbocycles. The van der Waals surface area contributed by atoms with Gasteiger partial charge in [-0.25, -0.2) is 0 Å². The largest absolute Gasteiger partial charge is 0.395 e. The zero-order valence-corrected chi connectivity index (χ0v) is 17.9. The molecule has 0 spiro atoms. The lowest BCUT2D eigenvalue weighted by Crippen LogP contribution is -2.29. The number of alkyl halides is 1. The van der Waals surface area contributed by atoms with Crippen molar-refractivity contribution in [1.29, 1.82) is 0 Å². The minimum atomic E-state index is 0.0225. The lowest BCUT2D eigenvalue weighted by molar-refractivity contribution is 0.281. The molecular formula is C19H24Cl2N4O2S. The molecule has 0 atom stereocenters. The van der Waals surface area contributed by atoms with Crippen molar-refractivity contribution in [2.75, 3.05) is 43.6 Å². The zero-order chi connectivity index (χ0) is 20.4. The Labute approximate surface area is 179 Å². The quantitative estimate of drug-likeness (QED) is 0.203. The predicted octanol–water partition coefficient (Wildman–Crippen LogP) is 4.69. The Morgan fingerprint density at radius 1 is 1.04 bits per heavy atom. The van der Waals surface area contributed by atoms with E-state index in [-0.39, 0.29) is 13.2 Å². The van der Waals surface area contributed by atoms with Crippen LogP contribution in [0.15, 0.2) is 51.5 Å². The molecule has 2 rings (SSSR count). The van der Waals surface area contributed by atoms with Gasteiger partial charge in [0, 0.05) is 36.1 Å². The number of anilines is 1. The average Bonchev–Trinajstić information content (AvgIpc) is 2.68. The van der Waals surface area contributed by atoms with E-state index < -0.39 is 0 Å². The Balaban J connectivity index is 2.11. The minimum Gasteiger partial charge on any atom is -0.395 e. The summed E-state index contributed by atoms with van der Waals surface area (Å²) in [6.07, 6.45) is 0. The van der Waals surface area contributed by atoms with Crippen LogP contribution in [0.2, 0.25) is 5.02 Å². The van der Waals surface area contributed by atoms with Gasteiger partial charge in [-0.3, -0.25) is 4.72 Å². The van der Waals surface area contributed by atoms with Crippen LogP contribution in [-0.4, -0.2) is 48.9 Å². The molecule has 0 amide bonds. The van der Waals surface area contributed by atoms with Crippen LogP contribution < -0.4 is 9.62 Å². The molecule has 0 saturated heterocycles. The van der Waals surface area contributed by atoms with Crippen molar-refractivity contribution in [3.63, 3.8) is 0 Å². The third kappa shape index (κ3) is 6.92. The Kier molecular flexibility index (Phi) is 10.0. The van der Waals surface area contributed by atoms with Crippen LogP contribution in [-0.2, 0) is 0 Å². The first kappa shape index (κ1) is 22.9. The van der Waals surface area contributed by atoms with Crippen LogP contribution in [0, 0.1) is 6.92 Å². The van der Waals surface area contributed by atoms with Crippen LogP contribution in [0.1, 0.15) is 5.56 Å². The molecule has 0 aromatic heterocycles. The lowest BCUT2D eigenvalue weighted by Gasteiger charge is -2.23. The number of rotatable bonds is 11. The summed E-state index contributed by atoms with van der Waals surface area (Å²) in [5.74, 6) is 0.545. The van der Waals surface area contributed by atoms with Gasteiger partial charge < -0.3 is 15.1 Å². The molecule has 0 aliphatic rings. The summed E-state index contributed by atoms with van der Waals surface area (Å²) in [6.45, 7) is 3.61. The number of benzene rings is 2. The SMILES string of the molecule is Cc1cc(N(CCO)CCO)ccc1N=Nc1ccc(SNCCCl)cc1Cl. The van der Waals surface area contributed by atoms with Crippen molar-refractivity contribution in [3.05, 3.63) is 47.0 Å². The van der Waals surface area contributed by atoms with Gasteiger partial charge in [-0.1, -0.05) is 11.6 Å². The number of hydrogen-bond donors (Lipinski definition) is 3. The molecule has 2 aromatic rings. The molecule has 152 valence electrons. The second-order valence-corrected chi connectivity index (χ2v) is 7.65. The van der Waals surface area contributed by atoms with Gasteiger partial charge in [0.25, 0.3) is 0 Å². The second kappa shape index (κ2) is 12.3. The zero-order valence-electron chi connectivity index (χ0n) is 15.6. The first-order valence-corrected chi connectivity index (χ1v) is 10.6. The Hall–Kier alpha value is -1.35. The standard InChI is InChI=1S/C19H24Cl2N4O2S/c1-14-12-15(25(8-10-26)9-11-27)2-4-18(14)23-24-19-5-3-16(13-17(19)21)28-22-7-6-20/h2-5,12-13,22,26-27H,6-11H2,1H3. The van der Waals surface area contributed by atoms with Gasteiger partial charge in [0.15, 0.2) is 0 Å². The van der Waals surface area contributed by atoms with Gasteiger partial charge >= 0.3 is 0 Å². The van der Waals surface area contributed by atoms with Gasteiger partial charge in [-0.2, -0.15) is 5.11 Å². The fourth-order valence-corrected chi connectivity index (χ4v) is 3.65. The Morgan fingerprint density at radius 3 is 2.32 bits per heavy atom. The van der Waals surface area contributed by atoms with Gasteiger partial charge in [0.05, 0.1) is 23.9 Å². The number of aryl methyl sites for hydroxylation is 1. The highest BCUT2D eigenvalue weighted by atomic mass is 35.5. The molecular weight excluding hydrogens is 419 g/mol. The van der Waals surface area contributed by atoms with Gasteiger partial charge in [0.2, 0.25) is 0 Å². The van der Waals surface area contributed by atoms with E-state index in [1.54, 1.807) is 0 Å². The molecule has 0 heterocycles. The second-order valence-electron chi connectivity index (χ2n) is 5.90.